The summed E-state index contributed by atoms with van der Waals surface area (Å²) in [6.07, 6.45) is 3.49. The van der Waals surface area contributed by atoms with Crippen molar-refractivity contribution >= 4 is 36.2 Å². The highest BCUT2D eigenvalue weighted by molar-refractivity contribution is 6.07. The number of nitrogens with zero attached hydrogens (tertiary/aromatic N) is 2. The van der Waals surface area contributed by atoms with E-state index in [1.807, 2.05) is 36.4 Å². The number of carbonyl (C=O) groups is 4. The summed E-state index contributed by atoms with van der Waals surface area (Å²) < 4.78 is 20.2. The van der Waals surface area contributed by atoms with Crippen LogP contribution >= 0.6 is 0 Å². The van der Waals surface area contributed by atoms with Crippen LogP contribution in [0.5, 0.6) is 0 Å². The maximum absolute atomic E-state index is 12.8. The van der Waals surface area contributed by atoms with Crippen LogP contribution in [0.2, 0.25) is 0 Å². The smallest absolute Gasteiger partial charge is 0.418 e. The van der Waals surface area contributed by atoms with Crippen molar-refractivity contribution < 1.29 is 38.1 Å². The predicted molar refractivity (Wildman–Crippen MR) is 136 cm³/mol. The summed E-state index contributed by atoms with van der Waals surface area (Å²) in [7, 11) is 4.66. The van der Waals surface area contributed by atoms with Gasteiger partial charge in [0.25, 0.3) is 0 Å². The number of rotatable bonds is 7. The van der Waals surface area contributed by atoms with E-state index in [1.54, 1.807) is 12.1 Å². The largest absolute Gasteiger partial charge is 0.465 e. The molecule has 0 unspecified atom stereocenters. The summed E-state index contributed by atoms with van der Waals surface area (Å²) in [5.74, 6) is -2.35. The molecule has 3 aromatic rings. The van der Waals surface area contributed by atoms with Gasteiger partial charge in [0.15, 0.2) is 0 Å². The van der Waals surface area contributed by atoms with Gasteiger partial charge in [-0.05, 0) is 29.2 Å². The topological polar surface area (TPSA) is 134 Å². The predicted octanol–water partition coefficient (Wildman–Crippen LogP) is 4.10. The Labute approximate surface area is 218 Å². The lowest BCUT2D eigenvalue weighted by Gasteiger charge is -2.13. The van der Waals surface area contributed by atoms with E-state index in [4.69, 9.17) is 18.9 Å². The highest BCUT2D eigenvalue weighted by Crippen LogP contribution is 2.27. The Morgan fingerprint density at radius 2 is 1.45 bits per heavy atom. The van der Waals surface area contributed by atoms with Gasteiger partial charge in [-0.1, -0.05) is 48.6 Å². The van der Waals surface area contributed by atoms with E-state index in [9.17, 15) is 24.4 Å². The highest BCUT2D eigenvalue weighted by atomic mass is 16.5. The van der Waals surface area contributed by atoms with Crippen LogP contribution in [-0.2, 0) is 25.4 Å². The number of carbonyl (C=O) groups excluding carboxylic acids is 4. The van der Waals surface area contributed by atoms with Gasteiger partial charge < -0.3 is 18.9 Å². The minimum absolute atomic E-state index is 0.0201. The maximum Gasteiger partial charge on any atom is 0.418 e. The zero-order valence-corrected chi connectivity index (χ0v) is 21.1. The fourth-order valence-corrected chi connectivity index (χ4v) is 3.88. The fourth-order valence-electron chi connectivity index (χ4n) is 3.88. The molecular formula is C28H24N2O8. The van der Waals surface area contributed by atoms with Crippen molar-refractivity contribution in [1.29, 1.82) is 5.26 Å². The molecule has 0 bridgehead atoms. The summed E-state index contributed by atoms with van der Waals surface area (Å²) >= 11 is 0. The third kappa shape index (κ3) is 5.63. The average Bonchev–Trinajstić information content (AvgIpc) is 3.33. The Hall–Kier alpha value is -5.17. The standard InChI is InChI=1S/C28H24N2O8/c1-35-25(31)21-14-18(12-17-8-6-5-7-9-17)13-19(24(21)27(33)37-3)10-11-20-22(26(32)36-2)16-30(23(20)15-29)28(34)38-4/h5-11,13-14,16H,12H2,1-4H3/b11-10+. The van der Waals surface area contributed by atoms with Crippen LogP contribution in [0.25, 0.3) is 12.2 Å². The summed E-state index contributed by atoms with van der Waals surface area (Å²) in [4.78, 5) is 50.1. The monoisotopic (exact) mass is 516 g/mol. The Morgan fingerprint density at radius 3 is 2.03 bits per heavy atom. The second-order valence-electron chi connectivity index (χ2n) is 7.83. The normalized spacial score (nSPS) is 10.5. The second-order valence-corrected chi connectivity index (χ2v) is 7.83. The van der Waals surface area contributed by atoms with Gasteiger partial charge in [-0.3, -0.25) is 0 Å². The molecule has 0 aliphatic heterocycles. The van der Waals surface area contributed by atoms with Crippen LogP contribution in [-0.4, -0.2) is 57.0 Å². The fraction of sp³-hybridized carbons (Fsp3) is 0.179. The van der Waals surface area contributed by atoms with E-state index in [0.717, 1.165) is 30.5 Å². The molecule has 0 radical (unpaired) electrons. The number of methoxy groups -OCH3 is 4. The van der Waals surface area contributed by atoms with Gasteiger partial charge >= 0.3 is 24.0 Å². The summed E-state index contributed by atoms with van der Waals surface area (Å²) in [5.41, 5.74) is 1.58. The summed E-state index contributed by atoms with van der Waals surface area (Å²) in [6.45, 7) is 0. The quantitative estimate of drug-likeness (QED) is 0.336. The van der Waals surface area contributed by atoms with Crippen LogP contribution in [0, 0.1) is 11.3 Å². The van der Waals surface area contributed by atoms with Crippen molar-refractivity contribution in [2.45, 2.75) is 6.42 Å². The molecule has 194 valence electrons. The maximum atomic E-state index is 12.8. The first-order valence-electron chi connectivity index (χ1n) is 11.2. The van der Waals surface area contributed by atoms with Crippen molar-refractivity contribution in [3.8, 4) is 6.07 Å². The van der Waals surface area contributed by atoms with Gasteiger partial charge in [-0.2, -0.15) is 5.26 Å². The van der Waals surface area contributed by atoms with Gasteiger partial charge in [0.1, 0.15) is 11.8 Å². The molecule has 1 aromatic heterocycles. The van der Waals surface area contributed by atoms with E-state index < -0.39 is 24.0 Å². The van der Waals surface area contributed by atoms with Crippen LogP contribution in [0.3, 0.4) is 0 Å². The van der Waals surface area contributed by atoms with Gasteiger partial charge in [0.2, 0.25) is 0 Å². The number of nitriles is 1. The van der Waals surface area contributed by atoms with Crippen molar-refractivity contribution in [3.63, 3.8) is 0 Å². The van der Waals surface area contributed by atoms with Crippen molar-refractivity contribution in [2.24, 2.45) is 0 Å². The molecule has 0 N–H and O–H groups in total. The SMILES string of the molecule is COC(=O)c1cn(C(=O)OC)c(C#N)c1/C=C/c1cc(Cc2ccccc2)cc(C(=O)OC)c1C(=O)OC. The second kappa shape index (κ2) is 12.2. The molecular weight excluding hydrogens is 492 g/mol. The Balaban J connectivity index is 2.27. The molecule has 0 amide bonds. The van der Waals surface area contributed by atoms with Gasteiger partial charge in [-0.15, -0.1) is 0 Å². The summed E-state index contributed by atoms with van der Waals surface area (Å²) in [6, 6.07) is 14.6. The molecule has 1 heterocycles. The van der Waals surface area contributed by atoms with E-state index in [0.29, 0.717) is 12.0 Å². The Kier molecular flexibility index (Phi) is 8.79. The third-order valence-corrected chi connectivity index (χ3v) is 5.63. The summed E-state index contributed by atoms with van der Waals surface area (Å²) in [5, 5.41) is 9.75. The number of aromatic nitrogens is 1. The van der Waals surface area contributed by atoms with E-state index in [-0.39, 0.29) is 33.5 Å². The average molecular weight is 517 g/mol. The molecule has 0 saturated heterocycles. The van der Waals surface area contributed by atoms with Gasteiger partial charge in [0, 0.05) is 11.8 Å². The molecule has 0 aliphatic rings. The molecule has 10 nitrogen and oxygen atoms in total. The third-order valence-electron chi connectivity index (χ3n) is 5.63. The van der Waals surface area contributed by atoms with Crippen molar-refractivity contribution in [3.05, 3.63) is 93.3 Å². The van der Waals surface area contributed by atoms with E-state index in [2.05, 4.69) is 0 Å². The zero-order valence-electron chi connectivity index (χ0n) is 21.1. The van der Waals surface area contributed by atoms with Gasteiger partial charge in [-0.25, -0.2) is 23.7 Å². The van der Waals surface area contributed by atoms with Crippen LogP contribution in [0.1, 0.15) is 59.0 Å². The first-order chi connectivity index (χ1) is 18.3. The first kappa shape index (κ1) is 27.4. The molecule has 10 heteroatoms. The molecule has 0 saturated carbocycles. The minimum atomic E-state index is -0.889. The minimum Gasteiger partial charge on any atom is -0.465 e. The molecule has 0 fully saturated rings. The lowest BCUT2D eigenvalue weighted by atomic mass is 9.93. The molecule has 0 spiro atoms. The van der Waals surface area contributed by atoms with Crippen LogP contribution < -0.4 is 0 Å². The highest BCUT2D eigenvalue weighted by Gasteiger charge is 2.25. The Morgan fingerprint density at radius 1 is 0.816 bits per heavy atom. The molecule has 2 aromatic carbocycles. The Bertz CT molecular complexity index is 1460. The lowest BCUT2D eigenvalue weighted by Crippen LogP contribution is -2.14. The van der Waals surface area contributed by atoms with Crippen LogP contribution in [0.4, 0.5) is 4.79 Å². The molecule has 38 heavy (non-hydrogen) atoms. The van der Waals surface area contributed by atoms with Gasteiger partial charge in [0.05, 0.1) is 45.1 Å². The number of ether oxygens (including phenoxy) is 4. The van der Waals surface area contributed by atoms with E-state index in [1.165, 1.54) is 26.4 Å². The molecule has 0 atom stereocenters. The number of hydrogen-bond acceptors (Lipinski definition) is 9. The number of benzene rings is 2. The molecule has 3 rings (SSSR count). The number of esters is 3. The lowest BCUT2D eigenvalue weighted by molar-refractivity contribution is 0.0555. The van der Waals surface area contributed by atoms with Crippen LogP contribution in [0.15, 0.2) is 48.7 Å². The number of hydrogen-bond donors (Lipinski definition) is 0. The molecule has 0 aliphatic carbocycles. The van der Waals surface area contributed by atoms with Crippen molar-refractivity contribution in [1.82, 2.24) is 4.57 Å². The van der Waals surface area contributed by atoms with Crippen molar-refractivity contribution in [2.75, 3.05) is 28.4 Å². The zero-order chi connectivity index (χ0) is 27.8. The first-order valence-corrected chi connectivity index (χ1v) is 11.2. The van der Waals surface area contributed by atoms with E-state index >= 15 is 0 Å².